The molecule has 0 spiro atoms. The van der Waals surface area contributed by atoms with Crippen molar-refractivity contribution >= 4 is 62.7 Å². The van der Waals surface area contributed by atoms with E-state index >= 15 is 0 Å². The van der Waals surface area contributed by atoms with Crippen LogP contribution < -0.4 is 15.5 Å². The molecule has 10 nitrogen and oxygen atoms in total. The van der Waals surface area contributed by atoms with Crippen molar-refractivity contribution in [2.75, 3.05) is 35.9 Å². The number of nitrogens with zero attached hydrogens (tertiary/aromatic N) is 2. The van der Waals surface area contributed by atoms with Crippen LogP contribution in [0.1, 0.15) is 38.0 Å². The molecule has 11 heteroatoms. The molecule has 0 radical (unpaired) electrons. The van der Waals surface area contributed by atoms with E-state index < -0.39 is 12.0 Å². The van der Waals surface area contributed by atoms with Crippen molar-refractivity contribution in [1.82, 2.24) is 9.97 Å². The number of carbonyl (C=O) groups is 3. The maximum absolute atomic E-state index is 13.7. The predicted octanol–water partition coefficient (Wildman–Crippen LogP) is 3.57. The van der Waals surface area contributed by atoms with Crippen LogP contribution in [-0.2, 0) is 11.2 Å². The number of ether oxygens (including phenoxy) is 1. The van der Waals surface area contributed by atoms with E-state index in [1.807, 2.05) is 12.1 Å². The lowest BCUT2D eigenvalue weighted by Crippen LogP contribution is -2.33. The maximum atomic E-state index is 13.7. The van der Waals surface area contributed by atoms with E-state index in [-0.39, 0.29) is 29.1 Å². The first kappa shape index (κ1) is 22.3. The normalized spacial score (nSPS) is 16.6. The number of methoxy groups -OCH3 is 1. The molecule has 4 heterocycles. The Morgan fingerprint density at radius 3 is 2.61 bits per heavy atom. The third kappa shape index (κ3) is 3.07. The molecule has 1 unspecified atom stereocenters. The van der Waals surface area contributed by atoms with E-state index in [1.54, 1.807) is 17.0 Å². The minimum atomic E-state index is -0.562. The fraction of sp³-hybridized carbons (Fsp3) is 0.240. The fourth-order valence-corrected chi connectivity index (χ4v) is 5.74. The molecule has 4 aromatic rings. The molecule has 2 aromatic carbocycles. The summed E-state index contributed by atoms with van der Waals surface area (Å²) in [7, 11) is 1.28. The van der Waals surface area contributed by atoms with E-state index in [4.69, 9.17) is 22.1 Å². The summed E-state index contributed by atoms with van der Waals surface area (Å²) in [5, 5.41) is 12.2. The number of aromatic nitrogens is 2. The van der Waals surface area contributed by atoms with E-state index in [1.165, 1.54) is 18.1 Å². The molecule has 2 aliphatic heterocycles. The summed E-state index contributed by atoms with van der Waals surface area (Å²) in [6, 6.07) is 8.07. The number of anilines is 2. The number of H-pyrrole nitrogens is 2. The third-order valence-corrected chi connectivity index (χ3v) is 7.49. The van der Waals surface area contributed by atoms with E-state index in [9.17, 15) is 19.5 Å². The van der Waals surface area contributed by atoms with Gasteiger partial charge in [-0.1, -0.05) is 0 Å². The monoisotopic (exact) mass is 507 g/mol. The quantitative estimate of drug-likeness (QED) is 0.247. The number of phenols is 1. The number of alkyl halides is 1. The Labute approximate surface area is 209 Å². The number of primary amides is 1. The SMILES string of the molecule is COC(=O)c1cc2c3c(cc(O)c2[nH]1)N(C(=O)c1cc2c4c(ccc2[nH]1)N(C(N)=O)CC4)CC3CCl. The van der Waals surface area contributed by atoms with Gasteiger partial charge in [0.25, 0.3) is 5.91 Å². The van der Waals surface area contributed by atoms with Gasteiger partial charge >= 0.3 is 12.0 Å². The van der Waals surface area contributed by atoms with Gasteiger partial charge in [-0.3, -0.25) is 9.69 Å². The molecular weight excluding hydrogens is 486 g/mol. The van der Waals surface area contributed by atoms with Gasteiger partial charge in [0, 0.05) is 52.9 Å². The number of fused-ring (bicyclic) bond motifs is 6. The lowest BCUT2D eigenvalue weighted by molar-refractivity contribution is 0.0595. The highest BCUT2D eigenvalue weighted by Crippen LogP contribution is 2.46. The number of hydrogen-bond acceptors (Lipinski definition) is 5. The number of amides is 3. The number of benzene rings is 2. The molecular formula is C25H22ClN5O5. The van der Waals surface area contributed by atoms with Crippen LogP contribution in [0.3, 0.4) is 0 Å². The Balaban J connectivity index is 1.44. The van der Waals surface area contributed by atoms with Crippen molar-refractivity contribution in [3.8, 4) is 5.75 Å². The van der Waals surface area contributed by atoms with Crippen molar-refractivity contribution in [2.24, 2.45) is 5.73 Å². The van der Waals surface area contributed by atoms with Gasteiger partial charge in [-0.2, -0.15) is 0 Å². The Kier molecular flexibility index (Phi) is 4.91. The number of aromatic amines is 2. The number of esters is 1. The summed E-state index contributed by atoms with van der Waals surface area (Å²) in [5.41, 5.74) is 10.3. The smallest absolute Gasteiger partial charge is 0.354 e. The van der Waals surface area contributed by atoms with Crippen LogP contribution in [0.2, 0.25) is 0 Å². The molecule has 36 heavy (non-hydrogen) atoms. The molecule has 2 aromatic heterocycles. The molecule has 0 bridgehead atoms. The highest BCUT2D eigenvalue weighted by atomic mass is 35.5. The Morgan fingerprint density at radius 2 is 1.89 bits per heavy atom. The zero-order valence-electron chi connectivity index (χ0n) is 19.2. The summed E-state index contributed by atoms with van der Waals surface area (Å²) in [6.45, 7) is 0.812. The van der Waals surface area contributed by atoms with Crippen LogP contribution in [0.5, 0.6) is 5.75 Å². The van der Waals surface area contributed by atoms with Gasteiger partial charge in [-0.15, -0.1) is 11.6 Å². The zero-order valence-corrected chi connectivity index (χ0v) is 20.0. The lowest BCUT2D eigenvalue weighted by Gasteiger charge is -2.17. The molecule has 0 saturated heterocycles. The van der Waals surface area contributed by atoms with E-state index in [0.717, 1.165) is 27.7 Å². The minimum absolute atomic E-state index is 0.0899. The van der Waals surface area contributed by atoms with Gasteiger partial charge in [0.05, 0.1) is 18.3 Å². The number of hydrogen-bond donors (Lipinski definition) is 4. The van der Waals surface area contributed by atoms with Gasteiger partial charge < -0.3 is 30.4 Å². The summed E-state index contributed by atoms with van der Waals surface area (Å²) >= 11 is 6.30. The maximum Gasteiger partial charge on any atom is 0.354 e. The number of aromatic hydroxyl groups is 1. The first-order valence-corrected chi connectivity index (χ1v) is 11.9. The first-order valence-electron chi connectivity index (χ1n) is 11.4. The number of halogens is 1. The Morgan fingerprint density at radius 1 is 1.11 bits per heavy atom. The van der Waals surface area contributed by atoms with Crippen LogP contribution in [0.25, 0.3) is 21.8 Å². The number of nitrogens with one attached hydrogen (secondary N) is 2. The number of rotatable bonds is 3. The fourth-order valence-electron chi connectivity index (χ4n) is 5.49. The summed E-state index contributed by atoms with van der Waals surface area (Å²) in [6.07, 6.45) is 0.643. The standard InChI is InChI=1S/C25H22ClN5O5/c1-36-24(34)17-7-14-21-11(9-26)10-31(19(21)8-20(32)22(14)29-17)23(33)16-6-13-12-4-5-30(25(27)35)18(12)3-2-15(13)28-16/h2-3,6-8,11,28-29,32H,4-5,9-10H2,1H3,(H2,27,35). The highest BCUT2D eigenvalue weighted by Gasteiger charge is 2.36. The summed E-state index contributed by atoms with van der Waals surface area (Å²) < 4.78 is 4.80. The number of phenolic OH excluding ortho intramolecular Hbond substituents is 1. The Hall–Kier alpha value is -4.18. The average molecular weight is 508 g/mol. The van der Waals surface area contributed by atoms with Gasteiger partial charge in [0.15, 0.2) is 0 Å². The van der Waals surface area contributed by atoms with Crippen molar-refractivity contribution in [1.29, 1.82) is 0 Å². The van der Waals surface area contributed by atoms with Crippen molar-refractivity contribution in [2.45, 2.75) is 12.3 Å². The molecule has 184 valence electrons. The van der Waals surface area contributed by atoms with Crippen molar-refractivity contribution in [3.05, 3.63) is 52.8 Å². The van der Waals surface area contributed by atoms with Crippen LogP contribution >= 0.6 is 11.6 Å². The van der Waals surface area contributed by atoms with Crippen LogP contribution in [0.15, 0.2) is 30.3 Å². The average Bonchev–Trinajstić information content (AvgIpc) is 3.64. The summed E-state index contributed by atoms with van der Waals surface area (Å²) in [5.74, 6) is -0.881. The molecule has 6 rings (SSSR count). The zero-order chi connectivity index (χ0) is 25.3. The number of urea groups is 1. The molecule has 0 saturated carbocycles. The lowest BCUT2D eigenvalue weighted by atomic mass is 9.98. The number of nitrogens with two attached hydrogens (primary N) is 1. The van der Waals surface area contributed by atoms with Gasteiger partial charge in [0.1, 0.15) is 17.1 Å². The minimum Gasteiger partial charge on any atom is -0.506 e. The van der Waals surface area contributed by atoms with Crippen molar-refractivity contribution in [3.63, 3.8) is 0 Å². The first-order chi connectivity index (χ1) is 17.3. The molecule has 0 fully saturated rings. The topological polar surface area (TPSA) is 145 Å². The molecule has 0 aliphatic carbocycles. The highest BCUT2D eigenvalue weighted by molar-refractivity contribution is 6.19. The van der Waals surface area contributed by atoms with Crippen LogP contribution in [-0.4, -0.2) is 59.1 Å². The second kappa shape index (κ2) is 7.92. The van der Waals surface area contributed by atoms with Gasteiger partial charge in [-0.25, -0.2) is 9.59 Å². The third-order valence-electron chi connectivity index (χ3n) is 7.12. The molecule has 2 aliphatic rings. The summed E-state index contributed by atoms with van der Waals surface area (Å²) in [4.78, 5) is 46.8. The largest absolute Gasteiger partial charge is 0.506 e. The Bertz CT molecular complexity index is 1610. The molecule has 1 atom stereocenters. The number of carbonyl (C=O) groups excluding carboxylic acids is 3. The van der Waals surface area contributed by atoms with Crippen LogP contribution in [0.4, 0.5) is 16.2 Å². The van der Waals surface area contributed by atoms with Gasteiger partial charge in [-0.05, 0) is 41.8 Å². The van der Waals surface area contributed by atoms with Crippen molar-refractivity contribution < 1.29 is 24.2 Å². The molecule has 5 N–H and O–H groups in total. The van der Waals surface area contributed by atoms with E-state index in [0.29, 0.717) is 41.8 Å². The second-order valence-corrected chi connectivity index (χ2v) is 9.31. The van der Waals surface area contributed by atoms with Gasteiger partial charge in [0.2, 0.25) is 0 Å². The second-order valence-electron chi connectivity index (χ2n) is 9.01. The van der Waals surface area contributed by atoms with E-state index in [2.05, 4.69) is 9.97 Å². The van der Waals surface area contributed by atoms with Crippen LogP contribution in [0, 0.1) is 0 Å². The molecule has 3 amide bonds. The predicted molar refractivity (Wildman–Crippen MR) is 135 cm³/mol.